The number of benzene rings is 1. The summed E-state index contributed by atoms with van der Waals surface area (Å²) in [6.45, 7) is 0. The van der Waals surface area contributed by atoms with Gasteiger partial charge in [0.15, 0.2) is 5.75 Å². The van der Waals surface area contributed by atoms with Crippen LogP contribution in [-0.4, -0.2) is 41.4 Å². The van der Waals surface area contributed by atoms with Crippen molar-refractivity contribution in [3.05, 3.63) is 59.4 Å². The number of nitrogens with one attached hydrogen (secondary N) is 2. The van der Waals surface area contributed by atoms with Gasteiger partial charge in [-0.1, -0.05) is 23.7 Å². The highest BCUT2D eigenvalue weighted by Gasteiger charge is 2.11. The first kappa shape index (κ1) is 20.8. The van der Waals surface area contributed by atoms with Crippen molar-refractivity contribution >= 4 is 29.5 Å². The summed E-state index contributed by atoms with van der Waals surface area (Å²) >= 11 is 6.00. The van der Waals surface area contributed by atoms with Gasteiger partial charge in [-0.05, 0) is 24.3 Å². The van der Waals surface area contributed by atoms with Crippen LogP contribution < -0.4 is 25.0 Å². The molecule has 0 saturated carbocycles. The molecular formula is C19H17ClN6O4. The molecule has 2 heterocycles. The summed E-state index contributed by atoms with van der Waals surface area (Å²) in [4.78, 5) is 24.3. The van der Waals surface area contributed by atoms with Crippen molar-refractivity contribution < 1.29 is 19.0 Å². The fourth-order valence-electron chi connectivity index (χ4n) is 2.19. The van der Waals surface area contributed by atoms with Crippen LogP contribution in [0.4, 0.5) is 10.5 Å². The van der Waals surface area contributed by atoms with Crippen LogP contribution in [0.3, 0.4) is 0 Å². The molecule has 30 heavy (non-hydrogen) atoms. The number of methoxy groups -OCH3 is 2. The van der Waals surface area contributed by atoms with Gasteiger partial charge in [0.05, 0.1) is 37.2 Å². The van der Waals surface area contributed by atoms with Crippen LogP contribution in [-0.2, 0) is 0 Å². The maximum Gasteiger partial charge on any atom is 0.339 e. The molecule has 0 aliphatic rings. The largest absolute Gasteiger partial charge is 0.481 e. The maximum atomic E-state index is 12.0. The lowest BCUT2D eigenvalue weighted by Crippen LogP contribution is -2.24. The minimum atomic E-state index is -0.571. The van der Waals surface area contributed by atoms with Crippen LogP contribution in [0, 0.1) is 0 Å². The molecule has 0 radical (unpaired) electrons. The Labute approximate surface area is 176 Å². The minimum Gasteiger partial charge on any atom is -0.481 e. The van der Waals surface area contributed by atoms with E-state index in [0.29, 0.717) is 22.2 Å². The number of amides is 2. The molecule has 0 saturated heterocycles. The van der Waals surface area contributed by atoms with Crippen molar-refractivity contribution in [1.29, 1.82) is 0 Å². The van der Waals surface area contributed by atoms with Gasteiger partial charge in [0, 0.05) is 6.20 Å². The Morgan fingerprint density at radius 1 is 1.10 bits per heavy atom. The van der Waals surface area contributed by atoms with Gasteiger partial charge >= 0.3 is 12.0 Å². The summed E-state index contributed by atoms with van der Waals surface area (Å²) in [7, 11) is 2.93. The number of hydrogen-bond acceptors (Lipinski definition) is 8. The normalized spacial score (nSPS) is 10.5. The number of hydrazone groups is 1. The molecule has 0 unspecified atom stereocenters. The summed E-state index contributed by atoms with van der Waals surface area (Å²) in [5.41, 5.74) is 3.12. The van der Waals surface area contributed by atoms with E-state index in [4.69, 9.17) is 25.8 Å². The molecule has 11 heteroatoms. The number of aromatic nitrogens is 3. The molecule has 154 valence electrons. The monoisotopic (exact) mass is 428 g/mol. The molecule has 3 rings (SSSR count). The predicted octanol–water partition coefficient (Wildman–Crippen LogP) is 3.49. The third-order valence-electron chi connectivity index (χ3n) is 3.55. The molecule has 0 atom stereocenters. The van der Waals surface area contributed by atoms with Crippen LogP contribution in [0.1, 0.15) is 5.69 Å². The van der Waals surface area contributed by atoms with Gasteiger partial charge in [-0.2, -0.15) is 15.1 Å². The first-order chi connectivity index (χ1) is 14.6. The van der Waals surface area contributed by atoms with Gasteiger partial charge in [0.25, 0.3) is 0 Å². The second kappa shape index (κ2) is 10.0. The number of hydrogen-bond donors (Lipinski definition) is 2. The van der Waals surface area contributed by atoms with E-state index in [9.17, 15) is 4.79 Å². The minimum absolute atomic E-state index is 0.00160. The highest BCUT2D eigenvalue weighted by molar-refractivity contribution is 6.33. The van der Waals surface area contributed by atoms with Crippen molar-refractivity contribution in [2.75, 3.05) is 19.5 Å². The van der Waals surface area contributed by atoms with Gasteiger partial charge < -0.3 is 19.5 Å². The Bertz CT molecular complexity index is 1040. The van der Waals surface area contributed by atoms with Gasteiger partial charge in [-0.3, -0.25) is 4.98 Å². The molecule has 0 fully saturated rings. The molecule has 0 spiro atoms. The van der Waals surface area contributed by atoms with Crippen molar-refractivity contribution in [2.24, 2.45) is 5.10 Å². The Kier molecular flexibility index (Phi) is 6.95. The number of carbonyl (C=O) groups excluding carboxylic acids is 1. The number of pyridine rings is 1. The second-order valence-electron chi connectivity index (χ2n) is 5.53. The average Bonchev–Trinajstić information content (AvgIpc) is 2.76. The average molecular weight is 429 g/mol. The number of carbonyl (C=O) groups is 1. The molecule has 3 aromatic rings. The SMILES string of the molecule is COc1cc(OC)nc(Oc2cccnc2C=NNC(=O)Nc2ccccc2Cl)n1. The first-order valence-electron chi connectivity index (χ1n) is 8.53. The third kappa shape index (κ3) is 5.55. The number of para-hydroxylation sites is 1. The summed E-state index contributed by atoms with van der Waals surface area (Å²) < 4.78 is 15.9. The topological polar surface area (TPSA) is 120 Å². The number of nitrogens with zero attached hydrogens (tertiary/aromatic N) is 4. The number of ether oxygens (including phenoxy) is 3. The number of halogens is 1. The van der Waals surface area contributed by atoms with Crippen molar-refractivity contribution in [3.63, 3.8) is 0 Å². The van der Waals surface area contributed by atoms with E-state index in [1.807, 2.05) is 0 Å². The van der Waals surface area contributed by atoms with E-state index in [1.54, 1.807) is 42.6 Å². The zero-order valence-electron chi connectivity index (χ0n) is 16.0. The predicted molar refractivity (Wildman–Crippen MR) is 111 cm³/mol. The lowest BCUT2D eigenvalue weighted by atomic mass is 10.3. The quantitative estimate of drug-likeness (QED) is 0.436. The molecule has 0 aliphatic heterocycles. The summed E-state index contributed by atoms with van der Waals surface area (Å²) in [5.74, 6) is 0.854. The van der Waals surface area contributed by atoms with Crippen molar-refractivity contribution in [3.8, 4) is 23.5 Å². The Morgan fingerprint density at radius 3 is 2.53 bits per heavy atom. The molecule has 2 amide bonds. The van der Waals surface area contributed by atoms with E-state index >= 15 is 0 Å². The van der Waals surface area contributed by atoms with Gasteiger partial charge in [0.2, 0.25) is 11.8 Å². The molecule has 10 nitrogen and oxygen atoms in total. The number of urea groups is 1. The standard InChI is InChI=1S/C19H17ClN6O4/c1-28-16-10-17(29-2)25-19(24-16)30-15-8-5-9-21-14(15)11-22-26-18(27)23-13-7-4-3-6-12(13)20/h3-11H,1-2H3,(H2,23,26,27). The molecule has 0 aliphatic carbocycles. The van der Waals surface area contributed by atoms with E-state index in [-0.39, 0.29) is 17.8 Å². The van der Waals surface area contributed by atoms with Crippen LogP contribution in [0.5, 0.6) is 23.5 Å². The second-order valence-corrected chi connectivity index (χ2v) is 5.94. The Morgan fingerprint density at radius 2 is 1.83 bits per heavy atom. The lowest BCUT2D eigenvalue weighted by molar-refractivity contribution is 0.252. The number of rotatable bonds is 7. The smallest absolute Gasteiger partial charge is 0.339 e. The van der Waals surface area contributed by atoms with E-state index in [2.05, 4.69) is 30.8 Å². The maximum absolute atomic E-state index is 12.0. The van der Waals surface area contributed by atoms with Crippen LogP contribution in [0.2, 0.25) is 5.02 Å². The summed E-state index contributed by atoms with van der Waals surface area (Å²) in [6.07, 6.45) is 2.87. The number of anilines is 1. The molecule has 0 bridgehead atoms. The molecule has 1 aromatic carbocycles. The van der Waals surface area contributed by atoms with Crippen LogP contribution in [0.15, 0.2) is 53.8 Å². The van der Waals surface area contributed by atoms with E-state index in [0.717, 1.165) is 0 Å². The van der Waals surface area contributed by atoms with Crippen molar-refractivity contribution in [2.45, 2.75) is 0 Å². The lowest BCUT2D eigenvalue weighted by Gasteiger charge is -2.09. The zero-order chi connectivity index (χ0) is 21.3. The summed E-state index contributed by atoms with van der Waals surface area (Å²) in [6, 6.07) is 11.1. The highest BCUT2D eigenvalue weighted by atomic mass is 35.5. The van der Waals surface area contributed by atoms with E-state index in [1.165, 1.54) is 26.5 Å². The molecular weight excluding hydrogens is 412 g/mol. The van der Waals surface area contributed by atoms with Crippen LogP contribution >= 0.6 is 11.6 Å². The Hall–Kier alpha value is -3.92. The fraction of sp³-hybridized carbons (Fsp3) is 0.105. The molecule has 2 N–H and O–H groups in total. The fourth-order valence-corrected chi connectivity index (χ4v) is 2.37. The summed E-state index contributed by atoms with van der Waals surface area (Å²) in [5, 5.41) is 6.86. The zero-order valence-corrected chi connectivity index (χ0v) is 16.8. The Balaban J connectivity index is 1.69. The van der Waals surface area contributed by atoms with Gasteiger partial charge in [-0.25, -0.2) is 10.2 Å². The van der Waals surface area contributed by atoms with Crippen LogP contribution in [0.25, 0.3) is 0 Å². The van der Waals surface area contributed by atoms with E-state index < -0.39 is 6.03 Å². The first-order valence-corrected chi connectivity index (χ1v) is 8.91. The van der Waals surface area contributed by atoms with Gasteiger partial charge in [0.1, 0.15) is 5.69 Å². The van der Waals surface area contributed by atoms with Crippen molar-refractivity contribution in [1.82, 2.24) is 20.4 Å². The highest BCUT2D eigenvalue weighted by Crippen LogP contribution is 2.24. The third-order valence-corrected chi connectivity index (χ3v) is 3.88. The van der Waals surface area contributed by atoms with Gasteiger partial charge in [-0.15, -0.1) is 0 Å². The molecule has 2 aromatic heterocycles.